The van der Waals surface area contributed by atoms with E-state index in [1.54, 1.807) is 30.5 Å². The number of sulfone groups is 1. The molecule has 3 aliphatic rings. The number of nitrogens with zero attached hydrogens (tertiary/aromatic N) is 5. The Bertz CT molecular complexity index is 2840. The van der Waals surface area contributed by atoms with E-state index in [2.05, 4.69) is 50.0 Å². The number of benzene rings is 3. The smallest absolute Gasteiger partial charge is 0.266 e. The Balaban J connectivity index is 0.000000269. The summed E-state index contributed by atoms with van der Waals surface area (Å²) in [6, 6.07) is 18.3. The van der Waals surface area contributed by atoms with E-state index in [4.69, 9.17) is 4.74 Å². The molecule has 20 heteroatoms. The van der Waals surface area contributed by atoms with Crippen molar-refractivity contribution in [3.63, 3.8) is 0 Å². The molecule has 3 aromatic carbocycles. The van der Waals surface area contributed by atoms with Crippen molar-refractivity contribution >= 4 is 79.9 Å². The summed E-state index contributed by atoms with van der Waals surface area (Å²) < 4.78 is 31.4. The highest BCUT2D eigenvalue weighted by Gasteiger charge is 2.46. The molecular weight excluding hydrogens is 991 g/mol. The molecule has 4 heterocycles. The normalized spacial score (nSPS) is 15.6. The van der Waals surface area contributed by atoms with Gasteiger partial charge in [-0.3, -0.25) is 43.8 Å². The van der Waals surface area contributed by atoms with Crippen molar-refractivity contribution in [2.75, 3.05) is 60.6 Å². The fourth-order valence-electron chi connectivity index (χ4n) is 8.96. The molecule has 1 aromatic heterocycles. The number of hydrogen-bond donors (Lipinski definition) is 4. The number of unbranched alkanes of at least 4 members (excludes halogenated alkanes) is 5. The molecule has 2 fully saturated rings. The van der Waals surface area contributed by atoms with E-state index in [9.17, 15) is 42.0 Å². The number of piperidine rings is 1. The molecule has 4 aromatic rings. The Kier molecular flexibility index (Phi) is 20.6. The lowest BCUT2D eigenvalue weighted by atomic mass is 10.0. The second-order valence-corrected chi connectivity index (χ2v) is 22.5. The van der Waals surface area contributed by atoms with Crippen LogP contribution in [0.25, 0.3) is 0 Å². The van der Waals surface area contributed by atoms with Gasteiger partial charge >= 0.3 is 0 Å². The fourth-order valence-corrected chi connectivity index (χ4v) is 10.9. The maximum atomic E-state index is 12.9. The summed E-state index contributed by atoms with van der Waals surface area (Å²) in [5.74, 6) is -1.30. The zero-order chi connectivity index (χ0) is 55.0. The first-order chi connectivity index (χ1) is 36.3. The third-order valence-electron chi connectivity index (χ3n) is 13.0. The van der Waals surface area contributed by atoms with E-state index in [1.807, 2.05) is 62.9 Å². The molecule has 0 radical (unpaired) electrons. The summed E-state index contributed by atoms with van der Waals surface area (Å²) in [5, 5.41) is 11.4. The number of aromatic nitrogens is 2. The molecule has 76 heavy (non-hydrogen) atoms. The molecule has 7 rings (SSSR count). The minimum Gasteiger partial charge on any atom is -0.483 e. The standard InChI is InChI=1S/C35H48N6O4S.C21H25N3O6/c1-6-7-8-11-30(42)17-18-32(43)41-21-19-40(20-22-41)29-15-13-27(14-16-29)38-34-36-24-26(2)33(39-34)37-28-10-9-12-31(23-28)46(44,45)25-35(3,4)5;1-2-3-4-5-11-22-17(26)12-30-15-8-6-7-13-18(15)21(29)24(20(13)28)14-9-10-16(25)23-19(14)27/h9-10,12-16,23-24H,6-8,11,17-22,25H2,1-5H3,(H2,36,37,38,39);6-8,14H,2-5,9-12H2,1H3,(H,22,26)(H,23,25,27). The summed E-state index contributed by atoms with van der Waals surface area (Å²) in [5.41, 5.74) is 3.13. The number of aryl methyl sites for hydroxylation is 1. The summed E-state index contributed by atoms with van der Waals surface area (Å²) in [4.78, 5) is 100. The van der Waals surface area contributed by atoms with E-state index in [0.29, 0.717) is 56.4 Å². The number of imide groups is 2. The van der Waals surface area contributed by atoms with Gasteiger partial charge in [-0.15, -0.1) is 0 Å². The van der Waals surface area contributed by atoms with Crippen molar-refractivity contribution in [3.8, 4) is 5.75 Å². The first-order valence-electron chi connectivity index (χ1n) is 26.4. The molecule has 6 amide bonds. The highest BCUT2D eigenvalue weighted by molar-refractivity contribution is 7.91. The van der Waals surface area contributed by atoms with E-state index in [-0.39, 0.29) is 70.0 Å². The summed E-state index contributed by atoms with van der Waals surface area (Å²) >= 11 is 0. The SMILES string of the molecule is CCCCCC(=O)CCC(=O)N1CCN(c2ccc(Nc3ncc(C)c(Nc4cccc(S(=O)(=O)CC(C)(C)C)c4)n3)cc2)CC1.CCCCCCNC(=O)COc1cccc2c1C(=O)N(C1CCC(=O)NC1=O)C2=O. The van der Waals surface area contributed by atoms with Crippen molar-refractivity contribution < 1.29 is 46.7 Å². The van der Waals surface area contributed by atoms with Crippen LogP contribution in [0.5, 0.6) is 5.75 Å². The molecular formula is C56H73N9O10S. The van der Waals surface area contributed by atoms with Gasteiger partial charge in [-0.2, -0.15) is 4.98 Å². The molecule has 4 N–H and O–H groups in total. The number of ether oxygens (including phenoxy) is 1. The zero-order valence-electron chi connectivity index (χ0n) is 44.7. The number of piperazine rings is 1. The number of Topliss-reactive ketones (excluding diaryl/α,β-unsaturated/α-hetero) is 1. The van der Waals surface area contributed by atoms with Gasteiger partial charge in [0.1, 0.15) is 23.4 Å². The minimum absolute atomic E-state index is 0.0305. The van der Waals surface area contributed by atoms with Crippen molar-refractivity contribution in [2.45, 2.75) is 130 Å². The molecule has 1 unspecified atom stereocenters. The van der Waals surface area contributed by atoms with Gasteiger partial charge in [0.25, 0.3) is 17.7 Å². The Morgan fingerprint density at radius 2 is 1.51 bits per heavy atom. The molecule has 19 nitrogen and oxygen atoms in total. The molecule has 0 spiro atoms. The second kappa shape index (κ2) is 27.0. The summed E-state index contributed by atoms with van der Waals surface area (Å²) in [7, 11) is -3.44. The average Bonchev–Trinajstić information content (AvgIpc) is 3.64. The van der Waals surface area contributed by atoms with Crippen LogP contribution in [0.2, 0.25) is 0 Å². The van der Waals surface area contributed by atoms with Crippen molar-refractivity contribution in [3.05, 3.63) is 89.6 Å². The van der Waals surface area contributed by atoms with E-state index in [1.165, 1.54) is 12.1 Å². The summed E-state index contributed by atoms with van der Waals surface area (Å²) in [6.07, 6.45) is 10.3. The number of hydrogen-bond acceptors (Lipinski definition) is 15. The lowest BCUT2D eigenvalue weighted by Crippen LogP contribution is -2.54. The van der Waals surface area contributed by atoms with E-state index >= 15 is 0 Å². The molecule has 408 valence electrons. The van der Waals surface area contributed by atoms with Gasteiger partial charge in [0.2, 0.25) is 23.7 Å². The molecule has 0 bridgehead atoms. The van der Waals surface area contributed by atoms with Gasteiger partial charge < -0.3 is 30.5 Å². The van der Waals surface area contributed by atoms with Crippen LogP contribution in [0.15, 0.2) is 77.8 Å². The summed E-state index contributed by atoms with van der Waals surface area (Å²) in [6.45, 7) is 14.9. The largest absolute Gasteiger partial charge is 0.483 e. The Morgan fingerprint density at radius 1 is 0.803 bits per heavy atom. The monoisotopic (exact) mass is 1060 g/mol. The van der Waals surface area contributed by atoms with Gasteiger partial charge in [-0.25, -0.2) is 13.4 Å². The predicted molar refractivity (Wildman–Crippen MR) is 291 cm³/mol. The second-order valence-electron chi connectivity index (χ2n) is 20.6. The topological polar surface area (TPSA) is 246 Å². The van der Waals surface area contributed by atoms with Crippen LogP contribution >= 0.6 is 0 Å². The zero-order valence-corrected chi connectivity index (χ0v) is 45.5. The van der Waals surface area contributed by atoms with Crippen molar-refractivity contribution in [1.29, 1.82) is 0 Å². The van der Waals surface area contributed by atoms with Crippen LogP contribution in [-0.2, 0) is 33.8 Å². The lowest BCUT2D eigenvalue weighted by Gasteiger charge is -2.36. The van der Waals surface area contributed by atoms with Gasteiger partial charge in [0, 0.05) is 87.2 Å². The number of rotatable bonds is 23. The van der Waals surface area contributed by atoms with Crippen molar-refractivity contribution in [2.24, 2.45) is 5.41 Å². The van der Waals surface area contributed by atoms with Gasteiger partial charge in [0.15, 0.2) is 16.4 Å². The van der Waals surface area contributed by atoms with Crippen LogP contribution in [-0.4, -0.2) is 121 Å². The number of carbonyl (C=O) groups is 7. The first kappa shape index (κ1) is 58.0. The maximum absolute atomic E-state index is 12.9. The molecule has 0 aliphatic carbocycles. The highest BCUT2D eigenvalue weighted by atomic mass is 32.2. The van der Waals surface area contributed by atoms with Crippen molar-refractivity contribution in [1.82, 2.24) is 30.4 Å². The maximum Gasteiger partial charge on any atom is 0.266 e. The molecule has 3 aliphatic heterocycles. The number of fused-ring (bicyclic) bond motifs is 1. The van der Waals surface area contributed by atoms with E-state index < -0.39 is 39.5 Å². The number of amides is 6. The molecule has 2 saturated heterocycles. The Hall–Kier alpha value is -7.22. The highest BCUT2D eigenvalue weighted by Crippen LogP contribution is 2.34. The number of nitrogens with one attached hydrogen (secondary N) is 4. The first-order valence-corrected chi connectivity index (χ1v) is 28.0. The van der Waals surface area contributed by atoms with Crippen LogP contribution in [0.1, 0.15) is 138 Å². The van der Waals surface area contributed by atoms with Crippen LogP contribution in [0.4, 0.5) is 28.8 Å². The van der Waals surface area contributed by atoms with Crippen LogP contribution < -0.4 is 30.9 Å². The third kappa shape index (κ3) is 16.4. The Morgan fingerprint density at radius 3 is 2.21 bits per heavy atom. The van der Waals surface area contributed by atoms with Crippen LogP contribution in [0.3, 0.4) is 0 Å². The van der Waals surface area contributed by atoms with E-state index in [0.717, 1.165) is 79.9 Å². The lowest BCUT2D eigenvalue weighted by molar-refractivity contribution is -0.136. The number of ketones is 1. The Labute approximate surface area is 446 Å². The molecule has 0 saturated carbocycles. The third-order valence-corrected chi connectivity index (χ3v) is 15.2. The fraction of sp³-hybridized carbons (Fsp3) is 0.482. The number of anilines is 5. The van der Waals surface area contributed by atoms with Crippen LogP contribution in [0, 0.1) is 12.3 Å². The predicted octanol–water partition coefficient (Wildman–Crippen LogP) is 7.83. The molecule has 1 atom stereocenters. The van der Waals surface area contributed by atoms with Gasteiger partial charge in [-0.05, 0) is 86.2 Å². The van der Waals surface area contributed by atoms with Gasteiger partial charge in [-0.1, -0.05) is 78.9 Å². The number of carbonyl (C=O) groups excluding carboxylic acids is 7. The average molecular weight is 1060 g/mol. The van der Waals surface area contributed by atoms with Gasteiger partial charge in [0.05, 0.1) is 21.8 Å². The quantitative estimate of drug-likeness (QED) is 0.0408. The minimum atomic E-state index is -3.44.